The largest absolute Gasteiger partial charge is 0.316 e. The molecule has 0 spiro atoms. The lowest BCUT2D eigenvalue weighted by atomic mass is 10.00. The van der Waals surface area contributed by atoms with Crippen LogP contribution in [0, 0.1) is 11.6 Å². The van der Waals surface area contributed by atoms with Crippen molar-refractivity contribution in [2.24, 2.45) is 0 Å². The van der Waals surface area contributed by atoms with Crippen molar-refractivity contribution in [1.29, 1.82) is 0 Å². The van der Waals surface area contributed by atoms with Crippen molar-refractivity contribution in [3.63, 3.8) is 0 Å². The van der Waals surface area contributed by atoms with Crippen LogP contribution in [0.3, 0.4) is 0 Å². The first-order chi connectivity index (χ1) is 8.63. The van der Waals surface area contributed by atoms with E-state index in [4.69, 9.17) is 5.21 Å². The fourth-order valence-corrected chi connectivity index (χ4v) is 1.95. The average molecular weight is 315 g/mol. The third kappa shape index (κ3) is 2.55. The van der Waals surface area contributed by atoms with Gasteiger partial charge in [0.05, 0.1) is 10.5 Å². The molecule has 3 nitrogen and oxygen atoms in total. The molecular weight excluding hydrogens is 306 g/mol. The van der Waals surface area contributed by atoms with Gasteiger partial charge in [0.25, 0.3) is 0 Å². The molecule has 1 atom stereocenters. The molecule has 0 radical (unpaired) electrons. The summed E-state index contributed by atoms with van der Waals surface area (Å²) in [5.74, 6) is -1.22. The zero-order chi connectivity index (χ0) is 13.1. The van der Waals surface area contributed by atoms with Crippen LogP contribution in [0.1, 0.15) is 17.2 Å². The van der Waals surface area contributed by atoms with Crippen LogP contribution >= 0.6 is 15.9 Å². The minimum Gasteiger partial charge on any atom is -0.316 e. The Bertz CT molecular complexity index is 551. The predicted octanol–water partition coefficient (Wildman–Crippen LogP) is 3.19. The van der Waals surface area contributed by atoms with E-state index in [-0.39, 0.29) is 10.0 Å². The molecule has 18 heavy (non-hydrogen) atoms. The molecule has 6 heteroatoms. The van der Waals surface area contributed by atoms with Gasteiger partial charge >= 0.3 is 0 Å². The fraction of sp³-hybridized carbons (Fsp3) is 0.0833. The number of pyridine rings is 1. The van der Waals surface area contributed by atoms with E-state index in [1.807, 2.05) is 5.48 Å². The average Bonchev–Trinajstić information content (AvgIpc) is 2.38. The summed E-state index contributed by atoms with van der Waals surface area (Å²) in [6.07, 6.45) is 3.01. The highest BCUT2D eigenvalue weighted by Gasteiger charge is 2.19. The monoisotopic (exact) mass is 314 g/mol. The summed E-state index contributed by atoms with van der Waals surface area (Å²) in [4.78, 5) is 3.83. The summed E-state index contributed by atoms with van der Waals surface area (Å²) in [6.45, 7) is 0. The minimum atomic E-state index is -0.851. The van der Waals surface area contributed by atoms with Crippen LogP contribution in [0.2, 0.25) is 0 Å². The van der Waals surface area contributed by atoms with Gasteiger partial charge in [-0.25, -0.2) is 8.78 Å². The Morgan fingerprint density at radius 2 is 1.83 bits per heavy atom. The number of aromatic nitrogens is 1. The zero-order valence-electron chi connectivity index (χ0n) is 9.07. The van der Waals surface area contributed by atoms with Gasteiger partial charge in [0.1, 0.15) is 11.6 Å². The Morgan fingerprint density at radius 1 is 1.17 bits per heavy atom. The van der Waals surface area contributed by atoms with Gasteiger partial charge in [-0.15, -0.1) is 0 Å². The van der Waals surface area contributed by atoms with Gasteiger partial charge in [0, 0.05) is 18.0 Å². The van der Waals surface area contributed by atoms with Crippen LogP contribution in [0.5, 0.6) is 0 Å². The highest BCUT2D eigenvalue weighted by atomic mass is 79.9. The molecule has 1 heterocycles. The lowest BCUT2D eigenvalue weighted by molar-refractivity contribution is 0.139. The quantitative estimate of drug-likeness (QED) is 0.675. The van der Waals surface area contributed by atoms with Crippen LogP contribution in [-0.2, 0) is 0 Å². The molecule has 0 bridgehead atoms. The SMILES string of the molecule is ONC(c1ccncc1)c1cc(F)c(Br)cc1F. The second-order valence-electron chi connectivity index (χ2n) is 3.63. The third-order valence-corrected chi connectivity index (χ3v) is 3.13. The number of hydrogen-bond acceptors (Lipinski definition) is 3. The van der Waals surface area contributed by atoms with E-state index in [2.05, 4.69) is 20.9 Å². The lowest BCUT2D eigenvalue weighted by Crippen LogP contribution is -2.20. The maximum atomic E-state index is 13.8. The summed E-state index contributed by atoms with van der Waals surface area (Å²) in [6, 6.07) is 4.42. The van der Waals surface area contributed by atoms with Gasteiger partial charge in [0.2, 0.25) is 0 Å². The first-order valence-corrected chi connectivity index (χ1v) is 5.86. The Balaban J connectivity index is 2.49. The molecule has 1 aromatic carbocycles. The van der Waals surface area contributed by atoms with E-state index in [0.29, 0.717) is 5.56 Å². The number of rotatable bonds is 3. The number of nitrogens with one attached hydrogen (secondary N) is 1. The Kier molecular flexibility index (Phi) is 4.00. The van der Waals surface area contributed by atoms with E-state index >= 15 is 0 Å². The zero-order valence-corrected chi connectivity index (χ0v) is 10.7. The smallest absolute Gasteiger partial charge is 0.137 e. The first-order valence-electron chi connectivity index (χ1n) is 5.07. The summed E-state index contributed by atoms with van der Waals surface area (Å²) in [7, 11) is 0. The summed E-state index contributed by atoms with van der Waals surface area (Å²) in [5.41, 5.74) is 2.57. The van der Waals surface area contributed by atoms with Crippen molar-refractivity contribution in [2.75, 3.05) is 0 Å². The molecule has 0 aliphatic rings. The van der Waals surface area contributed by atoms with Crippen LogP contribution < -0.4 is 5.48 Å². The van der Waals surface area contributed by atoms with Crippen molar-refractivity contribution in [2.45, 2.75) is 6.04 Å². The minimum absolute atomic E-state index is 0.0180. The van der Waals surface area contributed by atoms with Crippen LogP contribution in [-0.4, -0.2) is 10.2 Å². The van der Waals surface area contributed by atoms with Crippen LogP contribution in [0.15, 0.2) is 41.1 Å². The molecule has 2 rings (SSSR count). The normalized spacial score (nSPS) is 12.4. The second kappa shape index (κ2) is 5.51. The fourth-order valence-electron chi connectivity index (χ4n) is 1.64. The van der Waals surface area contributed by atoms with Crippen molar-refractivity contribution in [3.05, 3.63) is 63.9 Å². The second-order valence-corrected chi connectivity index (χ2v) is 4.48. The van der Waals surface area contributed by atoms with E-state index < -0.39 is 17.7 Å². The molecule has 0 saturated carbocycles. The van der Waals surface area contributed by atoms with Gasteiger partial charge in [-0.2, -0.15) is 5.48 Å². The maximum absolute atomic E-state index is 13.8. The van der Waals surface area contributed by atoms with Crippen molar-refractivity contribution < 1.29 is 14.0 Å². The highest BCUT2D eigenvalue weighted by molar-refractivity contribution is 9.10. The highest BCUT2D eigenvalue weighted by Crippen LogP contribution is 2.27. The van der Waals surface area contributed by atoms with Crippen molar-refractivity contribution in [3.8, 4) is 0 Å². The summed E-state index contributed by atoms with van der Waals surface area (Å²) < 4.78 is 27.3. The van der Waals surface area contributed by atoms with Gasteiger partial charge in [0.15, 0.2) is 0 Å². The molecule has 2 aromatic rings. The molecule has 0 saturated heterocycles. The van der Waals surface area contributed by atoms with E-state index in [1.165, 1.54) is 12.4 Å². The van der Waals surface area contributed by atoms with Gasteiger partial charge in [-0.05, 0) is 45.8 Å². The predicted molar refractivity (Wildman–Crippen MR) is 65.1 cm³/mol. The van der Waals surface area contributed by atoms with E-state index in [0.717, 1.165) is 12.1 Å². The first kappa shape index (κ1) is 13.1. The molecule has 94 valence electrons. The lowest BCUT2D eigenvalue weighted by Gasteiger charge is -2.17. The molecule has 1 aromatic heterocycles. The van der Waals surface area contributed by atoms with Gasteiger partial charge < -0.3 is 5.21 Å². The molecule has 2 N–H and O–H groups in total. The summed E-state index contributed by atoms with van der Waals surface area (Å²) in [5, 5.41) is 9.15. The molecule has 0 aliphatic carbocycles. The molecule has 0 amide bonds. The van der Waals surface area contributed by atoms with Gasteiger partial charge in [-0.3, -0.25) is 4.98 Å². The van der Waals surface area contributed by atoms with Gasteiger partial charge in [-0.1, -0.05) is 0 Å². The summed E-state index contributed by atoms with van der Waals surface area (Å²) >= 11 is 2.90. The number of nitrogens with zero attached hydrogens (tertiary/aromatic N) is 1. The van der Waals surface area contributed by atoms with Crippen molar-refractivity contribution in [1.82, 2.24) is 10.5 Å². The number of hydrogen-bond donors (Lipinski definition) is 2. The Morgan fingerprint density at radius 3 is 2.44 bits per heavy atom. The van der Waals surface area contributed by atoms with E-state index in [1.54, 1.807) is 12.1 Å². The molecular formula is C12H9BrF2N2O. The third-order valence-electron chi connectivity index (χ3n) is 2.52. The number of benzene rings is 1. The van der Waals surface area contributed by atoms with Crippen LogP contribution in [0.4, 0.5) is 8.78 Å². The standard InChI is InChI=1S/C12H9BrF2N2O/c13-9-6-10(14)8(5-11(9)15)12(17-18)7-1-3-16-4-2-7/h1-6,12,17-18H. The molecule has 0 aliphatic heterocycles. The topological polar surface area (TPSA) is 45.1 Å². The molecule has 0 fully saturated rings. The van der Waals surface area contributed by atoms with Crippen molar-refractivity contribution >= 4 is 15.9 Å². The Labute approximate surface area is 111 Å². The number of hydroxylamine groups is 1. The number of halogens is 3. The maximum Gasteiger partial charge on any atom is 0.137 e. The Hall–Kier alpha value is -1.37. The molecule has 1 unspecified atom stereocenters. The van der Waals surface area contributed by atoms with Crippen LogP contribution in [0.25, 0.3) is 0 Å². The van der Waals surface area contributed by atoms with E-state index in [9.17, 15) is 8.78 Å².